The molecule has 2 aliphatic rings. The summed E-state index contributed by atoms with van der Waals surface area (Å²) in [7, 11) is 0. The summed E-state index contributed by atoms with van der Waals surface area (Å²) in [6.45, 7) is 9.08. The smallest absolute Gasteiger partial charge is 0.137 e. The molecule has 0 saturated heterocycles. The topological polar surface area (TPSA) is 6.48 Å². The summed E-state index contributed by atoms with van der Waals surface area (Å²) in [5, 5.41) is 0. The summed E-state index contributed by atoms with van der Waals surface area (Å²) in [5.41, 5.74) is 13.9. The van der Waals surface area contributed by atoms with E-state index in [-0.39, 0.29) is 6.17 Å². The average molecular weight is 519 g/mol. The maximum absolute atomic E-state index is 2.65. The lowest BCUT2D eigenvalue weighted by Gasteiger charge is -2.36. The molecule has 0 saturated carbocycles. The first-order valence-corrected chi connectivity index (χ1v) is 14.2. The van der Waals surface area contributed by atoms with E-state index in [9.17, 15) is 0 Å². The summed E-state index contributed by atoms with van der Waals surface area (Å²) >= 11 is 0. The number of anilines is 2. The van der Waals surface area contributed by atoms with E-state index in [0.717, 1.165) is 0 Å². The van der Waals surface area contributed by atoms with Gasteiger partial charge in [0.15, 0.2) is 0 Å². The van der Waals surface area contributed by atoms with Crippen LogP contribution in [0.1, 0.15) is 52.0 Å². The van der Waals surface area contributed by atoms with E-state index in [4.69, 9.17) is 0 Å². The van der Waals surface area contributed by atoms with Crippen LogP contribution in [0.3, 0.4) is 0 Å². The fourth-order valence-electron chi connectivity index (χ4n) is 7.31. The van der Waals surface area contributed by atoms with Crippen molar-refractivity contribution in [1.82, 2.24) is 0 Å². The molecule has 2 aliphatic heterocycles. The number of para-hydroxylation sites is 2. The Hall–Kier alpha value is -4.56. The Morgan fingerprint density at radius 2 is 0.975 bits per heavy atom. The minimum Gasteiger partial charge on any atom is -0.318 e. The second kappa shape index (κ2) is 9.27. The molecule has 0 bridgehead atoms. The maximum Gasteiger partial charge on any atom is 0.137 e. The number of aryl methyl sites for hydroxylation is 3. The first-order valence-electron chi connectivity index (χ1n) is 14.2. The fraction of sp³-hybridized carbons (Fsp3) is 0.158. The van der Waals surface area contributed by atoms with Crippen LogP contribution < -0.4 is 9.80 Å². The third kappa shape index (κ3) is 3.29. The monoisotopic (exact) mass is 518 g/mol. The van der Waals surface area contributed by atoms with Gasteiger partial charge in [-0.05, 0) is 73.2 Å². The number of hydrogen-bond acceptors (Lipinski definition) is 2. The summed E-state index contributed by atoms with van der Waals surface area (Å²) in [6, 6.07) is 46.7. The van der Waals surface area contributed by atoms with E-state index in [1.807, 2.05) is 0 Å². The quantitative estimate of drug-likeness (QED) is 0.234. The van der Waals surface area contributed by atoms with Crippen molar-refractivity contribution < 1.29 is 0 Å². The van der Waals surface area contributed by atoms with E-state index in [2.05, 4.69) is 165 Å². The van der Waals surface area contributed by atoms with Gasteiger partial charge in [-0.3, -0.25) is 0 Å². The van der Waals surface area contributed by atoms with E-state index in [1.165, 1.54) is 61.7 Å². The van der Waals surface area contributed by atoms with Gasteiger partial charge in [-0.25, -0.2) is 0 Å². The standard InChI is InChI=1S/C38H34N2/c1-26-16-11-13-24-33(26)39-29(4)36-38(30-19-7-5-8-20-30,31-21-9-6-10-22-31)32-23-12-14-25-34(32)40(36)37(39)35-27(2)17-15-18-28(35)3/h5-25,37H,1-4H3. The van der Waals surface area contributed by atoms with Crippen LogP contribution in [-0.2, 0) is 5.41 Å². The molecule has 1 atom stereocenters. The molecule has 0 fully saturated rings. The number of fused-ring (bicyclic) bond motifs is 3. The molecule has 5 aromatic carbocycles. The van der Waals surface area contributed by atoms with Crippen LogP contribution in [0.4, 0.5) is 11.4 Å². The second-order valence-electron chi connectivity index (χ2n) is 11.1. The van der Waals surface area contributed by atoms with Crippen molar-refractivity contribution in [2.75, 3.05) is 9.80 Å². The molecular weight excluding hydrogens is 484 g/mol. The van der Waals surface area contributed by atoms with Crippen molar-refractivity contribution in [2.24, 2.45) is 0 Å². The number of hydrogen-bond donors (Lipinski definition) is 0. The third-order valence-corrected chi connectivity index (χ3v) is 8.95. The van der Waals surface area contributed by atoms with E-state index >= 15 is 0 Å². The van der Waals surface area contributed by atoms with E-state index in [0.29, 0.717) is 0 Å². The van der Waals surface area contributed by atoms with Crippen molar-refractivity contribution >= 4 is 11.4 Å². The highest BCUT2D eigenvalue weighted by Gasteiger charge is 2.57. The van der Waals surface area contributed by atoms with Gasteiger partial charge in [-0.15, -0.1) is 0 Å². The summed E-state index contributed by atoms with van der Waals surface area (Å²) in [6.07, 6.45) is -0.00671. The molecule has 2 heteroatoms. The molecule has 2 heterocycles. The fourth-order valence-corrected chi connectivity index (χ4v) is 7.31. The molecule has 0 aliphatic carbocycles. The highest BCUT2D eigenvalue weighted by molar-refractivity contribution is 5.85. The molecule has 7 rings (SSSR count). The normalized spacial score (nSPS) is 17.2. The van der Waals surface area contributed by atoms with Crippen LogP contribution in [0.15, 0.2) is 139 Å². The van der Waals surface area contributed by atoms with Crippen LogP contribution in [-0.4, -0.2) is 0 Å². The number of rotatable bonds is 4. The van der Waals surface area contributed by atoms with E-state index in [1.54, 1.807) is 0 Å². The molecule has 2 nitrogen and oxygen atoms in total. The highest BCUT2D eigenvalue weighted by Crippen LogP contribution is 2.63. The van der Waals surface area contributed by atoms with Crippen LogP contribution in [0.2, 0.25) is 0 Å². The summed E-state index contributed by atoms with van der Waals surface area (Å²) < 4.78 is 0. The molecule has 0 N–H and O–H groups in total. The lowest BCUT2D eigenvalue weighted by molar-refractivity contribution is 0.685. The van der Waals surface area contributed by atoms with Crippen molar-refractivity contribution in [3.63, 3.8) is 0 Å². The molecule has 196 valence electrons. The average Bonchev–Trinajstić information content (AvgIpc) is 3.45. The molecule has 0 spiro atoms. The predicted molar refractivity (Wildman–Crippen MR) is 167 cm³/mol. The minimum absolute atomic E-state index is 0.00671. The van der Waals surface area contributed by atoms with Crippen LogP contribution in [0, 0.1) is 20.8 Å². The van der Waals surface area contributed by atoms with Gasteiger partial charge in [0.2, 0.25) is 0 Å². The van der Waals surface area contributed by atoms with Crippen LogP contribution >= 0.6 is 0 Å². The summed E-state index contributed by atoms with van der Waals surface area (Å²) in [4.78, 5) is 5.24. The third-order valence-electron chi connectivity index (χ3n) is 8.95. The Balaban J connectivity index is 1.64. The molecule has 0 aromatic heterocycles. The zero-order chi connectivity index (χ0) is 27.4. The number of benzene rings is 5. The molecule has 0 radical (unpaired) electrons. The maximum atomic E-state index is 2.65. The van der Waals surface area contributed by atoms with Crippen molar-refractivity contribution in [3.05, 3.63) is 178 Å². The van der Waals surface area contributed by atoms with Gasteiger partial charge in [0.05, 0.1) is 11.1 Å². The summed E-state index contributed by atoms with van der Waals surface area (Å²) in [5.74, 6) is 0. The Bertz CT molecular complexity index is 1690. The van der Waals surface area contributed by atoms with Gasteiger partial charge >= 0.3 is 0 Å². The van der Waals surface area contributed by atoms with Gasteiger partial charge in [-0.2, -0.15) is 0 Å². The van der Waals surface area contributed by atoms with Gasteiger partial charge in [0, 0.05) is 22.6 Å². The van der Waals surface area contributed by atoms with Crippen LogP contribution in [0.25, 0.3) is 0 Å². The second-order valence-corrected chi connectivity index (χ2v) is 11.1. The first-order chi connectivity index (χ1) is 19.5. The Kier molecular flexibility index (Phi) is 5.68. The Morgan fingerprint density at radius 1 is 0.475 bits per heavy atom. The highest BCUT2D eigenvalue weighted by atomic mass is 15.4. The zero-order valence-electron chi connectivity index (χ0n) is 23.6. The largest absolute Gasteiger partial charge is 0.318 e. The number of allylic oxidation sites excluding steroid dienone is 2. The van der Waals surface area contributed by atoms with Crippen molar-refractivity contribution in [2.45, 2.75) is 39.3 Å². The SMILES string of the molecule is CC1=C2N(c3ccccc3C2(c2ccccc2)c2ccccc2)C(c2c(C)cccc2C)N1c1ccccc1C. The van der Waals surface area contributed by atoms with Gasteiger partial charge in [0.25, 0.3) is 0 Å². The zero-order valence-corrected chi connectivity index (χ0v) is 23.6. The molecule has 5 aromatic rings. The minimum atomic E-state index is -0.449. The predicted octanol–water partition coefficient (Wildman–Crippen LogP) is 9.22. The Morgan fingerprint density at radius 3 is 1.57 bits per heavy atom. The molecule has 0 amide bonds. The van der Waals surface area contributed by atoms with Gasteiger partial charge in [0.1, 0.15) is 6.17 Å². The van der Waals surface area contributed by atoms with Gasteiger partial charge < -0.3 is 9.80 Å². The first kappa shape index (κ1) is 24.5. The molecule has 40 heavy (non-hydrogen) atoms. The lowest BCUT2D eigenvalue weighted by atomic mass is 9.68. The molecular formula is C38H34N2. The van der Waals surface area contributed by atoms with Crippen LogP contribution in [0.5, 0.6) is 0 Å². The lowest BCUT2D eigenvalue weighted by Crippen LogP contribution is -2.35. The van der Waals surface area contributed by atoms with Crippen molar-refractivity contribution in [1.29, 1.82) is 0 Å². The van der Waals surface area contributed by atoms with E-state index < -0.39 is 5.41 Å². The Labute approximate surface area is 237 Å². The van der Waals surface area contributed by atoms with Gasteiger partial charge in [-0.1, -0.05) is 115 Å². The molecule has 1 unspecified atom stereocenters. The van der Waals surface area contributed by atoms with Crippen molar-refractivity contribution in [3.8, 4) is 0 Å². The number of nitrogens with zero attached hydrogens (tertiary/aromatic N) is 2.